The summed E-state index contributed by atoms with van der Waals surface area (Å²) in [5, 5.41) is 6.85. The van der Waals surface area contributed by atoms with Crippen LogP contribution in [-0.4, -0.2) is 73.5 Å². The van der Waals surface area contributed by atoms with E-state index in [1.807, 2.05) is 4.90 Å². The van der Waals surface area contributed by atoms with Gasteiger partial charge in [-0.1, -0.05) is 6.42 Å². The van der Waals surface area contributed by atoms with Crippen LogP contribution in [0.15, 0.2) is 4.99 Å². The summed E-state index contributed by atoms with van der Waals surface area (Å²) in [5.74, 6) is 2.22. The maximum atomic E-state index is 12.1. The van der Waals surface area contributed by atoms with Gasteiger partial charge in [-0.25, -0.2) is 0 Å². The lowest BCUT2D eigenvalue weighted by molar-refractivity contribution is -0.130. The molecular formula is C21H39N5O. The number of aliphatic imine (C=N–C) groups is 1. The fourth-order valence-corrected chi connectivity index (χ4v) is 3.88. The molecule has 0 aromatic rings. The van der Waals surface area contributed by atoms with E-state index in [0.29, 0.717) is 5.91 Å². The van der Waals surface area contributed by atoms with Gasteiger partial charge in [-0.15, -0.1) is 0 Å². The molecule has 0 aromatic carbocycles. The Kier molecular flexibility index (Phi) is 8.24. The highest BCUT2D eigenvalue weighted by molar-refractivity contribution is 5.79. The van der Waals surface area contributed by atoms with Gasteiger partial charge in [-0.3, -0.25) is 14.7 Å². The predicted molar refractivity (Wildman–Crippen MR) is 111 cm³/mol. The second-order valence-corrected chi connectivity index (χ2v) is 8.40. The zero-order valence-electron chi connectivity index (χ0n) is 17.2. The van der Waals surface area contributed by atoms with E-state index >= 15 is 0 Å². The molecule has 3 aliphatic rings. The molecule has 0 atom stereocenters. The third kappa shape index (κ3) is 7.68. The van der Waals surface area contributed by atoms with Gasteiger partial charge in [0.1, 0.15) is 0 Å². The highest BCUT2D eigenvalue weighted by Crippen LogP contribution is 2.34. The minimum absolute atomic E-state index is 0.331. The summed E-state index contributed by atoms with van der Waals surface area (Å²) in [6.45, 7) is 8.91. The molecule has 0 bridgehead atoms. The van der Waals surface area contributed by atoms with Crippen LogP contribution in [0.25, 0.3) is 0 Å². The first-order valence-electron chi connectivity index (χ1n) is 11.3. The molecular weight excluding hydrogens is 338 g/mol. The Morgan fingerprint density at radius 3 is 2.78 bits per heavy atom. The molecule has 0 spiro atoms. The zero-order chi connectivity index (χ0) is 18.9. The summed E-state index contributed by atoms with van der Waals surface area (Å²) in [4.78, 5) is 21.5. The minimum Gasteiger partial charge on any atom is -0.357 e. The number of likely N-dealkylation sites (tertiary alicyclic amines) is 1. The van der Waals surface area contributed by atoms with E-state index in [1.165, 1.54) is 38.6 Å². The fourth-order valence-electron chi connectivity index (χ4n) is 3.88. The van der Waals surface area contributed by atoms with Crippen molar-refractivity contribution in [2.75, 3.05) is 45.8 Å². The first kappa shape index (κ1) is 20.4. The molecule has 6 nitrogen and oxygen atoms in total. The summed E-state index contributed by atoms with van der Waals surface area (Å²) in [6, 6.07) is 0.845. The number of hydrogen-bond acceptors (Lipinski definition) is 3. The van der Waals surface area contributed by atoms with Crippen LogP contribution in [0.3, 0.4) is 0 Å². The highest BCUT2D eigenvalue weighted by atomic mass is 16.2. The quantitative estimate of drug-likeness (QED) is 0.329. The van der Waals surface area contributed by atoms with Gasteiger partial charge >= 0.3 is 0 Å². The molecule has 1 aliphatic heterocycles. The van der Waals surface area contributed by atoms with Crippen LogP contribution in [0.4, 0.5) is 0 Å². The molecule has 2 N–H and O–H groups in total. The first-order valence-corrected chi connectivity index (χ1v) is 11.3. The lowest BCUT2D eigenvalue weighted by Gasteiger charge is -2.22. The SMILES string of the molecule is CCNC(=NCCCN1CCCCCC1=O)NCCN(CC1CC1)C1CC1. The Morgan fingerprint density at radius 1 is 1.19 bits per heavy atom. The summed E-state index contributed by atoms with van der Waals surface area (Å²) in [6.07, 6.45) is 10.7. The number of carbonyl (C=O) groups excluding carboxylic acids is 1. The molecule has 3 fully saturated rings. The summed E-state index contributed by atoms with van der Waals surface area (Å²) < 4.78 is 0. The van der Waals surface area contributed by atoms with E-state index in [2.05, 4.69) is 22.5 Å². The number of rotatable bonds is 11. The fraction of sp³-hybridized carbons (Fsp3) is 0.905. The number of nitrogens with one attached hydrogen (secondary N) is 2. The van der Waals surface area contributed by atoms with Crippen molar-refractivity contribution >= 4 is 11.9 Å². The van der Waals surface area contributed by atoms with Gasteiger partial charge in [0.2, 0.25) is 5.91 Å². The van der Waals surface area contributed by atoms with E-state index in [-0.39, 0.29) is 0 Å². The maximum absolute atomic E-state index is 12.1. The van der Waals surface area contributed by atoms with E-state index < -0.39 is 0 Å². The van der Waals surface area contributed by atoms with Crippen LogP contribution in [0.1, 0.15) is 64.7 Å². The summed E-state index contributed by atoms with van der Waals surface area (Å²) >= 11 is 0. The van der Waals surface area contributed by atoms with E-state index in [0.717, 1.165) is 82.9 Å². The highest BCUT2D eigenvalue weighted by Gasteiger charge is 2.33. The van der Waals surface area contributed by atoms with Gasteiger partial charge in [0.15, 0.2) is 5.96 Å². The van der Waals surface area contributed by atoms with E-state index in [1.54, 1.807) is 0 Å². The maximum Gasteiger partial charge on any atom is 0.222 e. The lowest BCUT2D eigenvalue weighted by atomic mass is 10.2. The topological polar surface area (TPSA) is 60.0 Å². The largest absolute Gasteiger partial charge is 0.357 e. The Hall–Kier alpha value is -1.30. The van der Waals surface area contributed by atoms with Crippen LogP contribution < -0.4 is 10.6 Å². The number of amides is 1. The molecule has 1 amide bonds. The average Bonchev–Trinajstić information content (AvgIpc) is 3.54. The molecule has 2 aliphatic carbocycles. The van der Waals surface area contributed by atoms with Crippen molar-refractivity contribution in [3.8, 4) is 0 Å². The van der Waals surface area contributed by atoms with Crippen molar-refractivity contribution in [2.24, 2.45) is 10.9 Å². The monoisotopic (exact) mass is 377 g/mol. The van der Waals surface area contributed by atoms with Crippen molar-refractivity contribution in [1.29, 1.82) is 0 Å². The number of hydrogen-bond donors (Lipinski definition) is 2. The van der Waals surface area contributed by atoms with Crippen molar-refractivity contribution in [3.05, 3.63) is 0 Å². The van der Waals surface area contributed by atoms with Crippen molar-refractivity contribution in [2.45, 2.75) is 70.8 Å². The Bertz CT molecular complexity index is 487. The molecule has 0 radical (unpaired) electrons. The van der Waals surface area contributed by atoms with Crippen LogP contribution in [0.5, 0.6) is 0 Å². The van der Waals surface area contributed by atoms with E-state index in [4.69, 9.17) is 4.99 Å². The minimum atomic E-state index is 0.331. The van der Waals surface area contributed by atoms with Crippen molar-refractivity contribution in [1.82, 2.24) is 20.4 Å². The van der Waals surface area contributed by atoms with Gasteiger partial charge < -0.3 is 15.5 Å². The smallest absolute Gasteiger partial charge is 0.222 e. The normalized spacial score (nSPS) is 21.5. The van der Waals surface area contributed by atoms with Gasteiger partial charge in [-0.2, -0.15) is 0 Å². The predicted octanol–water partition coefficient (Wildman–Crippen LogP) is 2.21. The van der Waals surface area contributed by atoms with Gasteiger partial charge in [0.25, 0.3) is 0 Å². The van der Waals surface area contributed by atoms with Gasteiger partial charge in [0, 0.05) is 58.3 Å². The summed E-state index contributed by atoms with van der Waals surface area (Å²) in [7, 11) is 0. The van der Waals surface area contributed by atoms with E-state index in [9.17, 15) is 4.79 Å². The molecule has 154 valence electrons. The second kappa shape index (κ2) is 10.9. The van der Waals surface area contributed by atoms with Crippen LogP contribution >= 0.6 is 0 Å². The Morgan fingerprint density at radius 2 is 2.04 bits per heavy atom. The Labute approximate surface area is 165 Å². The third-order valence-corrected chi connectivity index (χ3v) is 5.82. The number of carbonyl (C=O) groups is 1. The zero-order valence-corrected chi connectivity index (χ0v) is 17.2. The van der Waals surface area contributed by atoms with Crippen molar-refractivity contribution < 1.29 is 4.79 Å². The molecule has 1 heterocycles. The summed E-state index contributed by atoms with van der Waals surface area (Å²) in [5.41, 5.74) is 0. The molecule has 2 saturated carbocycles. The van der Waals surface area contributed by atoms with Gasteiger partial charge in [0.05, 0.1) is 0 Å². The van der Waals surface area contributed by atoms with Crippen LogP contribution in [0.2, 0.25) is 0 Å². The van der Waals surface area contributed by atoms with Crippen molar-refractivity contribution in [3.63, 3.8) is 0 Å². The molecule has 0 unspecified atom stereocenters. The van der Waals surface area contributed by atoms with Crippen LogP contribution in [-0.2, 0) is 4.79 Å². The first-order chi connectivity index (χ1) is 13.3. The lowest BCUT2D eigenvalue weighted by Crippen LogP contribution is -2.42. The van der Waals surface area contributed by atoms with Gasteiger partial charge in [-0.05, 0) is 57.8 Å². The average molecular weight is 378 g/mol. The standard InChI is InChI=1S/C21H39N5O/c1-2-22-21(23-12-6-15-25-14-5-3-4-7-20(25)27)24-13-16-26(19-10-11-19)17-18-8-9-18/h18-19H,2-17H2,1H3,(H2,22,23,24). The number of nitrogens with zero attached hydrogens (tertiary/aromatic N) is 3. The molecule has 0 aromatic heterocycles. The Balaban J connectivity index is 1.34. The molecule has 3 rings (SSSR count). The number of guanidine groups is 1. The second-order valence-electron chi connectivity index (χ2n) is 8.40. The molecule has 27 heavy (non-hydrogen) atoms. The molecule has 1 saturated heterocycles. The molecule has 6 heteroatoms. The van der Waals surface area contributed by atoms with Crippen LogP contribution in [0, 0.1) is 5.92 Å². The third-order valence-electron chi connectivity index (χ3n) is 5.82.